The fourth-order valence-electron chi connectivity index (χ4n) is 9.72. The Labute approximate surface area is 427 Å². The van der Waals surface area contributed by atoms with Crippen molar-refractivity contribution in [1.29, 1.82) is 0 Å². The van der Waals surface area contributed by atoms with E-state index in [2.05, 4.69) is 181 Å². The minimum absolute atomic E-state index is 0. The number of furan rings is 1. The van der Waals surface area contributed by atoms with E-state index >= 15 is 0 Å². The van der Waals surface area contributed by atoms with Gasteiger partial charge < -0.3 is 14.0 Å². The smallest absolute Gasteiger partial charge is 0.121 e. The number of hydrogen-bond acceptors (Lipinski definition) is 3. The van der Waals surface area contributed by atoms with Crippen LogP contribution in [0.3, 0.4) is 0 Å². The second kappa shape index (κ2) is 19.3. The van der Waals surface area contributed by atoms with Gasteiger partial charge in [-0.05, 0) is 96.5 Å². The fraction of sp³-hybridized carbons (Fsp3) is 0.302. The first-order valence-electron chi connectivity index (χ1n) is 25.3. The zero-order chi connectivity index (χ0) is 50.2. The summed E-state index contributed by atoms with van der Waals surface area (Å²) in [5.41, 5.74) is 13.3. The van der Waals surface area contributed by atoms with Gasteiger partial charge in [0.25, 0.3) is 0 Å². The predicted molar refractivity (Wildman–Crippen MR) is 294 cm³/mol. The van der Waals surface area contributed by atoms with Crippen LogP contribution in [-0.4, -0.2) is 22.6 Å². The van der Waals surface area contributed by atoms with Crippen molar-refractivity contribution in [3.05, 3.63) is 167 Å². The second-order valence-corrected chi connectivity index (χ2v) is 26.7. The molecule has 0 aliphatic rings. The molecule has 10 aromatic rings. The van der Waals surface area contributed by atoms with E-state index in [1.54, 1.807) is 0 Å². The summed E-state index contributed by atoms with van der Waals surface area (Å²) < 4.78 is 27.0. The summed E-state index contributed by atoms with van der Waals surface area (Å²) in [7, 11) is -1.50. The first-order chi connectivity index (χ1) is 32.9. The molecule has 355 valence electrons. The summed E-state index contributed by atoms with van der Waals surface area (Å²) >= 11 is 0. The number of aromatic nitrogens is 3. The molecule has 0 saturated heterocycles. The van der Waals surface area contributed by atoms with Gasteiger partial charge in [0.1, 0.15) is 5.58 Å². The summed E-state index contributed by atoms with van der Waals surface area (Å²) in [6.07, 6.45) is 1.98. The Morgan fingerprint density at radius 2 is 1.32 bits per heavy atom. The first kappa shape index (κ1) is 47.0. The zero-order valence-corrected chi connectivity index (χ0v) is 46.3. The third kappa shape index (κ3) is 9.41. The van der Waals surface area contributed by atoms with Crippen LogP contribution in [0.1, 0.15) is 130 Å². The van der Waals surface area contributed by atoms with Crippen LogP contribution in [0.4, 0.5) is 0 Å². The molecule has 0 unspecified atom stereocenters. The maximum absolute atomic E-state index is 9.22. The van der Waals surface area contributed by atoms with Crippen LogP contribution in [0.15, 0.2) is 132 Å². The maximum atomic E-state index is 9.22. The average molecular weight is 1100 g/mol. The number of imidazole rings is 1. The van der Waals surface area contributed by atoms with Crippen molar-refractivity contribution in [3.8, 4) is 28.3 Å². The topological polar surface area (TPSA) is 43.9 Å². The zero-order valence-electron chi connectivity index (χ0n) is 44.9. The van der Waals surface area contributed by atoms with Crippen molar-refractivity contribution < 1.29 is 27.3 Å². The molecule has 0 amide bonds. The van der Waals surface area contributed by atoms with Crippen LogP contribution in [-0.2, 0) is 25.5 Å². The Morgan fingerprint density at radius 1 is 0.667 bits per heavy atom. The van der Waals surface area contributed by atoms with Gasteiger partial charge in [0.05, 0.1) is 30.5 Å². The Balaban J connectivity index is 0.000000271. The molecule has 0 aliphatic heterocycles. The van der Waals surface area contributed by atoms with Gasteiger partial charge in [-0.2, -0.15) is 0 Å². The molecule has 0 spiro atoms. The third-order valence-corrected chi connectivity index (χ3v) is 15.5. The predicted octanol–water partition coefficient (Wildman–Crippen LogP) is 17.6. The fourth-order valence-corrected chi connectivity index (χ4v) is 11.3. The Morgan fingerprint density at radius 3 is 1.96 bits per heavy atom. The molecular formula is C63H67IrN3OSi-2. The molecule has 0 bridgehead atoms. The van der Waals surface area contributed by atoms with Crippen molar-refractivity contribution in [2.24, 2.45) is 0 Å². The SMILES string of the molecule is [2H]C(C)(C)c1c[c-]c(-c2nc3ccccc3n2-c2c(C(C)C)cc(C(C)(C)C)cc2C(C)C)c2oc3cc4c(ccc5ccccc54)cc3c12.[2H]C(C)(C)c1cc(-c2[c-]cccc2)ncc1[Si](C)(C)C.[Ir]. The van der Waals surface area contributed by atoms with E-state index in [0.29, 0.717) is 0 Å². The minimum atomic E-state index is -1.50. The molecule has 0 saturated carbocycles. The molecule has 0 fully saturated rings. The molecule has 6 heteroatoms. The third-order valence-electron chi connectivity index (χ3n) is 13.5. The van der Waals surface area contributed by atoms with E-state index < -0.39 is 19.9 Å². The molecule has 0 aliphatic carbocycles. The molecule has 1 radical (unpaired) electrons. The van der Waals surface area contributed by atoms with Gasteiger partial charge in [-0.3, -0.25) is 4.98 Å². The maximum Gasteiger partial charge on any atom is 0.121 e. The number of benzene rings is 7. The number of fused-ring (bicyclic) bond motifs is 7. The number of rotatable bonds is 8. The quantitative estimate of drug-likeness (QED) is 0.0865. The van der Waals surface area contributed by atoms with Crippen molar-refractivity contribution in [3.63, 3.8) is 0 Å². The van der Waals surface area contributed by atoms with Gasteiger partial charge in [-0.1, -0.05) is 185 Å². The van der Waals surface area contributed by atoms with Crippen LogP contribution >= 0.6 is 0 Å². The van der Waals surface area contributed by atoms with E-state index in [9.17, 15) is 1.37 Å². The van der Waals surface area contributed by atoms with Crippen molar-refractivity contribution >= 4 is 67.8 Å². The van der Waals surface area contributed by atoms with E-state index in [4.69, 9.17) is 10.8 Å². The van der Waals surface area contributed by atoms with Gasteiger partial charge >= 0.3 is 0 Å². The van der Waals surface area contributed by atoms with Gasteiger partial charge in [-0.25, -0.2) is 0 Å². The van der Waals surface area contributed by atoms with Gasteiger partial charge in [0.2, 0.25) is 0 Å². The van der Waals surface area contributed by atoms with Crippen molar-refractivity contribution in [2.45, 2.75) is 125 Å². The van der Waals surface area contributed by atoms with Crippen LogP contribution in [0.2, 0.25) is 19.6 Å². The van der Waals surface area contributed by atoms with Crippen LogP contribution < -0.4 is 5.19 Å². The van der Waals surface area contributed by atoms with Crippen molar-refractivity contribution in [2.75, 3.05) is 0 Å². The normalized spacial score (nSPS) is 13.0. The molecule has 3 heterocycles. The summed E-state index contributed by atoms with van der Waals surface area (Å²) in [6.45, 7) is 30.7. The van der Waals surface area contributed by atoms with Gasteiger partial charge in [-0.15, -0.1) is 53.6 Å². The number of pyridine rings is 1. The molecular weight excluding hydrogens is 1040 g/mol. The summed E-state index contributed by atoms with van der Waals surface area (Å²) in [6, 6.07) is 49.3. The van der Waals surface area contributed by atoms with Gasteiger partial charge in [0.15, 0.2) is 0 Å². The molecule has 69 heavy (non-hydrogen) atoms. The van der Waals surface area contributed by atoms with Crippen LogP contribution in [0, 0.1) is 12.1 Å². The minimum Gasteiger partial charge on any atom is -0.501 e. The van der Waals surface area contributed by atoms with Gasteiger partial charge in [0, 0.05) is 40.1 Å². The molecule has 3 aromatic heterocycles. The summed E-state index contributed by atoms with van der Waals surface area (Å²) in [5.74, 6) is -0.124. The van der Waals surface area contributed by atoms with Crippen molar-refractivity contribution in [1.82, 2.24) is 14.5 Å². The number of nitrogens with zero attached hydrogens (tertiary/aromatic N) is 3. The van der Waals surface area contributed by atoms with E-state index in [1.807, 2.05) is 64.2 Å². The number of para-hydroxylation sites is 2. The largest absolute Gasteiger partial charge is 0.501 e. The Kier molecular flexibility index (Phi) is 13.1. The van der Waals surface area contributed by atoms with Crippen LogP contribution in [0.5, 0.6) is 0 Å². The number of hydrogen-bond donors (Lipinski definition) is 0. The van der Waals surface area contributed by atoms with E-state index in [-0.39, 0.29) is 37.4 Å². The second-order valence-electron chi connectivity index (χ2n) is 21.7. The summed E-state index contributed by atoms with van der Waals surface area (Å²) in [5, 5.41) is 7.94. The first-order valence-corrected chi connectivity index (χ1v) is 27.8. The molecule has 0 N–H and O–H groups in total. The molecule has 10 rings (SSSR count). The van der Waals surface area contributed by atoms with Crippen LogP contribution in [0.25, 0.3) is 82.8 Å². The van der Waals surface area contributed by atoms with E-state index in [1.165, 1.54) is 38.3 Å². The molecule has 0 atom stereocenters. The summed E-state index contributed by atoms with van der Waals surface area (Å²) in [4.78, 5) is 9.97. The standard InChI is InChI=1S/C46H45N2O.C17H22NSi.Ir/c1-26(2)32-20-21-34(44-42(32)38-22-30-19-18-29-14-10-11-15-33(29)37(30)25-41(38)49-44)45-47-39-16-12-13-17-40(39)48(45)43-35(27(3)4)23-31(46(7,8)9)24-36(43)28(5)6;1-13(2)15-11-16(14-9-7-6-8-10-14)18-12-17(15)19(3,4)5;/h10-20,22-28H,1-9H3;6-9,11-13H,1-5H3;/q2*-1;/i26D;13D;. The molecule has 4 nitrogen and oxygen atoms in total. The Hall–Kier alpha value is -5.65. The van der Waals surface area contributed by atoms with E-state index in [0.717, 1.165) is 77.5 Å². The molecule has 7 aromatic carbocycles. The average Bonchev–Trinajstić information content (AvgIpc) is 3.87. The monoisotopic (exact) mass is 1100 g/mol. The Bertz CT molecular complexity index is 3570.